The fraction of sp³-hybridized carbons (Fsp3) is 0.143. The van der Waals surface area contributed by atoms with E-state index in [0.29, 0.717) is 11.4 Å². The van der Waals surface area contributed by atoms with E-state index in [4.69, 9.17) is 5.73 Å². The van der Waals surface area contributed by atoms with Gasteiger partial charge in [-0.15, -0.1) is 0 Å². The maximum atomic E-state index is 11.9. The van der Waals surface area contributed by atoms with Crippen molar-refractivity contribution in [2.45, 2.75) is 13.0 Å². The topological polar surface area (TPSA) is 68.0 Å². The number of nitrogen functional groups attached to an aromatic ring is 1. The molecule has 0 fully saturated rings. The Morgan fingerprint density at radius 3 is 2.56 bits per heavy atom. The molecule has 2 rings (SSSR count). The van der Waals surface area contributed by atoms with E-state index in [0.717, 1.165) is 5.56 Å². The van der Waals surface area contributed by atoms with Crippen LogP contribution in [0.3, 0.4) is 0 Å². The number of aromatic nitrogens is 1. The predicted octanol–water partition coefficient (Wildman–Crippen LogP) is 2.15. The van der Waals surface area contributed by atoms with Crippen molar-refractivity contribution >= 4 is 11.6 Å². The van der Waals surface area contributed by atoms with Crippen molar-refractivity contribution in [3.05, 3.63) is 59.9 Å². The smallest absolute Gasteiger partial charge is 0.270 e. The first-order valence-electron chi connectivity index (χ1n) is 5.74. The standard InChI is InChI=1S/C14H15N3O/c1-10(11-5-3-2-4-6-11)17-14(18)13-8-7-12(15)9-16-13/h2-10H,15H2,1H3,(H,17,18). The molecular formula is C14H15N3O. The summed E-state index contributed by atoms with van der Waals surface area (Å²) < 4.78 is 0. The minimum absolute atomic E-state index is 0.0574. The third-order valence-electron chi connectivity index (χ3n) is 2.67. The van der Waals surface area contributed by atoms with Crippen molar-refractivity contribution in [1.29, 1.82) is 0 Å². The molecule has 0 aliphatic heterocycles. The van der Waals surface area contributed by atoms with Gasteiger partial charge in [-0.1, -0.05) is 30.3 Å². The second-order valence-electron chi connectivity index (χ2n) is 4.08. The van der Waals surface area contributed by atoms with Crippen LogP contribution in [0.4, 0.5) is 5.69 Å². The van der Waals surface area contributed by atoms with Gasteiger partial charge in [0.1, 0.15) is 5.69 Å². The van der Waals surface area contributed by atoms with Crippen LogP contribution in [0.25, 0.3) is 0 Å². The molecule has 3 N–H and O–H groups in total. The lowest BCUT2D eigenvalue weighted by atomic mass is 10.1. The number of benzene rings is 1. The Balaban J connectivity index is 2.06. The molecule has 1 heterocycles. The highest BCUT2D eigenvalue weighted by Gasteiger charge is 2.11. The van der Waals surface area contributed by atoms with Crippen molar-refractivity contribution in [1.82, 2.24) is 10.3 Å². The number of nitrogens with zero attached hydrogens (tertiary/aromatic N) is 1. The second kappa shape index (κ2) is 5.31. The van der Waals surface area contributed by atoms with Gasteiger partial charge >= 0.3 is 0 Å². The Hall–Kier alpha value is -2.36. The maximum absolute atomic E-state index is 11.9. The number of nitrogens with two attached hydrogens (primary N) is 1. The lowest BCUT2D eigenvalue weighted by Gasteiger charge is -2.13. The minimum Gasteiger partial charge on any atom is -0.397 e. The van der Waals surface area contributed by atoms with Gasteiger partial charge in [0.05, 0.1) is 17.9 Å². The largest absolute Gasteiger partial charge is 0.397 e. The molecule has 1 aromatic heterocycles. The summed E-state index contributed by atoms with van der Waals surface area (Å²) in [4.78, 5) is 15.9. The normalized spacial score (nSPS) is 11.8. The van der Waals surface area contributed by atoms with Gasteiger partial charge in [-0.3, -0.25) is 4.79 Å². The van der Waals surface area contributed by atoms with Crippen LogP contribution in [-0.4, -0.2) is 10.9 Å². The molecule has 1 unspecified atom stereocenters. The van der Waals surface area contributed by atoms with E-state index >= 15 is 0 Å². The number of carbonyl (C=O) groups is 1. The summed E-state index contributed by atoms with van der Waals surface area (Å²) >= 11 is 0. The van der Waals surface area contributed by atoms with Crippen LogP contribution in [0.5, 0.6) is 0 Å². The molecule has 0 bridgehead atoms. The zero-order valence-electron chi connectivity index (χ0n) is 10.1. The van der Waals surface area contributed by atoms with Gasteiger partial charge < -0.3 is 11.1 Å². The SMILES string of the molecule is CC(NC(=O)c1ccc(N)cn1)c1ccccc1. The fourth-order valence-corrected chi connectivity index (χ4v) is 1.64. The Bertz CT molecular complexity index is 522. The molecule has 1 atom stereocenters. The first-order valence-corrected chi connectivity index (χ1v) is 5.74. The van der Waals surface area contributed by atoms with Gasteiger partial charge in [-0.2, -0.15) is 0 Å². The lowest BCUT2D eigenvalue weighted by Crippen LogP contribution is -2.27. The van der Waals surface area contributed by atoms with E-state index in [9.17, 15) is 4.79 Å². The average Bonchev–Trinajstić information content (AvgIpc) is 2.40. The number of hydrogen-bond donors (Lipinski definition) is 2. The number of hydrogen-bond acceptors (Lipinski definition) is 3. The summed E-state index contributed by atoms with van der Waals surface area (Å²) in [5.74, 6) is -0.202. The molecule has 92 valence electrons. The molecule has 0 saturated heterocycles. The zero-order valence-corrected chi connectivity index (χ0v) is 10.1. The van der Waals surface area contributed by atoms with E-state index in [1.54, 1.807) is 12.1 Å². The molecule has 0 radical (unpaired) electrons. The molecule has 0 aliphatic carbocycles. The van der Waals surface area contributed by atoms with E-state index in [-0.39, 0.29) is 11.9 Å². The Labute approximate surface area is 106 Å². The molecule has 0 saturated carbocycles. The molecule has 1 aromatic carbocycles. The molecule has 0 spiro atoms. The highest BCUT2D eigenvalue weighted by atomic mass is 16.1. The quantitative estimate of drug-likeness (QED) is 0.865. The van der Waals surface area contributed by atoms with E-state index in [2.05, 4.69) is 10.3 Å². The number of nitrogens with one attached hydrogen (secondary N) is 1. The molecule has 18 heavy (non-hydrogen) atoms. The molecule has 4 heteroatoms. The third-order valence-corrected chi connectivity index (χ3v) is 2.67. The van der Waals surface area contributed by atoms with Gasteiger partial charge in [-0.05, 0) is 24.6 Å². The summed E-state index contributed by atoms with van der Waals surface area (Å²) in [6, 6.07) is 13.0. The van der Waals surface area contributed by atoms with Crippen LogP contribution in [0.15, 0.2) is 48.7 Å². The van der Waals surface area contributed by atoms with Crippen molar-refractivity contribution in [2.24, 2.45) is 0 Å². The fourth-order valence-electron chi connectivity index (χ4n) is 1.64. The van der Waals surface area contributed by atoms with Gasteiger partial charge in [-0.25, -0.2) is 4.98 Å². The summed E-state index contributed by atoms with van der Waals surface area (Å²) in [6.07, 6.45) is 1.47. The van der Waals surface area contributed by atoms with Crippen LogP contribution in [-0.2, 0) is 0 Å². The van der Waals surface area contributed by atoms with Crippen molar-refractivity contribution in [3.8, 4) is 0 Å². The summed E-state index contributed by atoms with van der Waals surface area (Å²) in [5, 5.41) is 2.89. The van der Waals surface area contributed by atoms with Gasteiger partial charge in [0.2, 0.25) is 0 Å². The first-order chi connectivity index (χ1) is 8.66. The Kier molecular flexibility index (Phi) is 3.57. The highest BCUT2D eigenvalue weighted by Crippen LogP contribution is 2.12. The molecule has 0 aliphatic rings. The summed E-state index contributed by atoms with van der Waals surface area (Å²) in [5.41, 5.74) is 7.49. The second-order valence-corrected chi connectivity index (χ2v) is 4.08. The van der Waals surface area contributed by atoms with Crippen LogP contribution >= 0.6 is 0 Å². The van der Waals surface area contributed by atoms with E-state index in [1.807, 2.05) is 37.3 Å². The molecule has 1 amide bonds. The number of rotatable bonds is 3. The van der Waals surface area contributed by atoms with Crippen LogP contribution in [0.2, 0.25) is 0 Å². The van der Waals surface area contributed by atoms with Crippen molar-refractivity contribution < 1.29 is 4.79 Å². The number of carbonyl (C=O) groups excluding carboxylic acids is 1. The number of pyridine rings is 1. The Morgan fingerprint density at radius 1 is 1.22 bits per heavy atom. The molecule has 2 aromatic rings. The number of anilines is 1. The predicted molar refractivity (Wildman–Crippen MR) is 71.0 cm³/mol. The molecular weight excluding hydrogens is 226 g/mol. The third kappa shape index (κ3) is 2.85. The zero-order chi connectivity index (χ0) is 13.0. The average molecular weight is 241 g/mol. The molecule has 4 nitrogen and oxygen atoms in total. The Morgan fingerprint density at radius 2 is 1.94 bits per heavy atom. The minimum atomic E-state index is -0.202. The van der Waals surface area contributed by atoms with Gasteiger partial charge in [0.15, 0.2) is 0 Å². The van der Waals surface area contributed by atoms with Crippen LogP contribution in [0, 0.1) is 0 Å². The first kappa shape index (κ1) is 12.1. The van der Waals surface area contributed by atoms with Gasteiger partial charge in [0.25, 0.3) is 5.91 Å². The maximum Gasteiger partial charge on any atom is 0.270 e. The van der Waals surface area contributed by atoms with Crippen LogP contribution < -0.4 is 11.1 Å². The number of amides is 1. The monoisotopic (exact) mass is 241 g/mol. The van der Waals surface area contributed by atoms with Crippen molar-refractivity contribution in [3.63, 3.8) is 0 Å². The van der Waals surface area contributed by atoms with Crippen LogP contribution in [0.1, 0.15) is 29.0 Å². The summed E-state index contributed by atoms with van der Waals surface area (Å²) in [7, 11) is 0. The lowest BCUT2D eigenvalue weighted by molar-refractivity contribution is 0.0935. The van der Waals surface area contributed by atoms with Gasteiger partial charge in [0, 0.05) is 0 Å². The van der Waals surface area contributed by atoms with Crippen molar-refractivity contribution in [2.75, 3.05) is 5.73 Å². The van der Waals surface area contributed by atoms with E-state index in [1.165, 1.54) is 6.20 Å². The summed E-state index contributed by atoms with van der Waals surface area (Å²) in [6.45, 7) is 1.94. The van der Waals surface area contributed by atoms with E-state index < -0.39 is 0 Å². The highest BCUT2D eigenvalue weighted by molar-refractivity contribution is 5.92.